The second kappa shape index (κ2) is 9.09. The maximum Gasteiger partial charge on any atom is 0.291 e. The maximum absolute atomic E-state index is 12.5. The number of amides is 1. The van der Waals surface area contributed by atoms with Crippen molar-refractivity contribution >= 4 is 23.2 Å². The molecule has 1 N–H and O–H groups in total. The van der Waals surface area contributed by atoms with E-state index >= 15 is 0 Å². The fraction of sp³-hybridized carbons (Fsp3) is 0.227. The third kappa shape index (κ3) is 4.97. The van der Waals surface area contributed by atoms with E-state index in [4.69, 9.17) is 20.8 Å². The van der Waals surface area contributed by atoms with Gasteiger partial charge in [0.25, 0.3) is 5.91 Å². The fourth-order valence-electron chi connectivity index (χ4n) is 3.13. The molecule has 0 unspecified atom stereocenters. The summed E-state index contributed by atoms with van der Waals surface area (Å²) in [5.41, 5.74) is 2.77. The van der Waals surface area contributed by atoms with Crippen LogP contribution in [0, 0.1) is 6.92 Å². The zero-order valence-electron chi connectivity index (χ0n) is 17.2. The molecule has 160 valence electrons. The van der Waals surface area contributed by atoms with Crippen LogP contribution in [0.1, 0.15) is 34.5 Å². The third-order valence-electron chi connectivity index (χ3n) is 4.79. The number of ether oxygens (including phenoxy) is 1. The van der Waals surface area contributed by atoms with E-state index in [1.807, 2.05) is 17.8 Å². The van der Waals surface area contributed by atoms with Gasteiger partial charge in [0.2, 0.25) is 0 Å². The van der Waals surface area contributed by atoms with Crippen molar-refractivity contribution in [3.63, 3.8) is 0 Å². The molecule has 3 aromatic heterocycles. The van der Waals surface area contributed by atoms with Crippen LogP contribution < -0.4 is 10.1 Å². The lowest BCUT2D eigenvalue weighted by atomic mass is 10.2. The standard InChI is InChI=1S/C22H22ClN5O3/c1-3-28-15(2)16(10-25-28)12-27-13-18(11-24-27)26-22(29)21-8-7-20(31-21)14-30-19-6-4-5-17(23)9-19/h4-11,13H,3,12,14H2,1-2H3,(H,26,29). The third-order valence-corrected chi connectivity index (χ3v) is 5.03. The Balaban J connectivity index is 1.34. The summed E-state index contributed by atoms with van der Waals surface area (Å²) >= 11 is 5.94. The molecule has 1 amide bonds. The Labute approximate surface area is 184 Å². The summed E-state index contributed by atoms with van der Waals surface area (Å²) in [7, 11) is 0. The van der Waals surface area contributed by atoms with Gasteiger partial charge in [-0.25, -0.2) is 0 Å². The number of nitrogens with one attached hydrogen (secondary N) is 1. The van der Waals surface area contributed by atoms with Gasteiger partial charge < -0.3 is 14.5 Å². The van der Waals surface area contributed by atoms with E-state index in [9.17, 15) is 4.79 Å². The van der Waals surface area contributed by atoms with Crippen LogP contribution in [0.25, 0.3) is 0 Å². The van der Waals surface area contributed by atoms with Gasteiger partial charge in [0, 0.05) is 29.0 Å². The minimum absolute atomic E-state index is 0.191. The van der Waals surface area contributed by atoms with Crippen LogP contribution in [0.4, 0.5) is 5.69 Å². The Morgan fingerprint density at radius 2 is 2.10 bits per heavy atom. The topological polar surface area (TPSA) is 87.1 Å². The van der Waals surface area contributed by atoms with Gasteiger partial charge in [-0.1, -0.05) is 17.7 Å². The molecule has 31 heavy (non-hydrogen) atoms. The minimum Gasteiger partial charge on any atom is -0.486 e. The molecule has 0 aliphatic heterocycles. The van der Waals surface area contributed by atoms with Crippen LogP contribution in [0.5, 0.6) is 5.75 Å². The molecule has 4 rings (SSSR count). The fourth-order valence-corrected chi connectivity index (χ4v) is 3.31. The van der Waals surface area contributed by atoms with Crippen molar-refractivity contribution in [1.29, 1.82) is 0 Å². The molecule has 3 heterocycles. The first-order chi connectivity index (χ1) is 15.0. The molecule has 0 spiro atoms. The second-order valence-electron chi connectivity index (χ2n) is 6.96. The Bertz CT molecular complexity index is 1190. The number of halogens is 1. The number of hydrogen-bond acceptors (Lipinski definition) is 5. The van der Waals surface area contributed by atoms with Crippen LogP contribution in [0.3, 0.4) is 0 Å². The molecule has 0 bridgehead atoms. The summed E-state index contributed by atoms with van der Waals surface area (Å²) in [6.07, 6.45) is 5.21. The van der Waals surface area contributed by atoms with Gasteiger partial charge in [-0.15, -0.1) is 0 Å². The average Bonchev–Trinajstić information content (AvgIpc) is 3.48. The zero-order chi connectivity index (χ0) is 21.8. The number of benzene rings is 1. The highest BCUT2D eigenvalue weighted by Gasteiger charge is 2.14. The molecular weight excluding hydrogens is 418 g/mol. The predicted molar refractivity (Wildman–Crippen MR) is 116 cm³/mol. The Hall–Kier alpha value is -3.52. The van der Waals surface area contributed by atoms with Crippen molar-refractivity contribution in [3.8, 4) is 5.75 Å². The predicted octanol–water partition coefficient (Wildman–Crippen LogP) is 4.53. The van der Waals surface area contributed by atoms with Gasteiger partial charge >= 0.3 is 0 Å². The highest BCUT2D eigenvalue weighted by molar-refractivity contribution is 6.30. The lowest BCUT2D eigenvalue weighted by molar-refractivity contribution is 0.0992. The molecule has 0 saturated carbocycles. The van der Waals surface area contributed by atoms with Gasteiger partial charge in [0.05, 0.1) is 24.6 Å². The lowest BCUT2D eigenvalue weighted by Gasteiger charge is -2.04. The van der Waals surface area contributed by atoms with E-state index in [1.165, 1.54) is 0 Å². The number of rotatable bonds is 8. The normalized spacial score (nSPS) is 10.9. The van der Waals surface area contributed by atoms with Crippen molar-refractivity contribution in [1.82, 2.24) is 19.6 Å². The van der Waals surface area contributed by atoms with Crippen LogP contribution in [-0.4, -0.2) is 25.5 Å². The monoisotopic (exact) mass is 439 g/mol. The lowest BCUT2D eigenvalue weighted by Crippen LogP contribution is -2.10. The molecule has 0 aliphatic rings. The van der Waals surface area contributed by atoms with E-state index in [-0.39, 0.29) is 18.3 Å². The summed E-state index contributed by atoms with van der Waals surface area (Å²) in [6, 6.07) is 10.4. The maximum atomic E-state index is 12.5. The number of aryl methyl sites for hydroxylation is 1. The molecule has 9 heteroatoms. The molecular formula is C22H22ClN5O3. The van der Waals surface area contributed by atoms with Crippen molar-refractivity contribution in [2.75, 3.05) is 5.32 Å². The van der Waals surface area contributed by atoms with Gasteiger partial charge in [-0.3, -0.25) is 14.2 Å². The number of furan rings is 1. The number of anilines is 1. The summed E-state index contributed by atoms with van der Waals surface area (Å²) in [6.45, 7) is 5.67. The molecule has 4 aromatic rings. The molecule has 8 nitrogen and oxygen atoms in total. The van der Waals surface area contributed by atoms with Gasteiger partial charge in [0.15, 0.2) is 5.76 Å². The minimum atomic E-state index is -0.358. The van der Waals surface area contributed by atoms with Crippen molar-refractivity contribution in [3.05, 3.63) is 82.8 Å². The number of nitrogens with zero attached hydrogens (tertiary/aromatic N) is 4. The smallest absolute Gasteiger partial charge is 0.291 e. The highest BCUT2D eigenvalue weighted by Crippen LogP contribution is 2.19. The molecule has 0 fully saturated rings. The van der Waals surface area contributed by atoms with Crippen molar-refractivity contribution in [2.24, 2.45) is 0 Å². The zero-order valence-corrected chi connectivity index (χ0v) is 18.0. The molecule has 1 aromatic carbocycles. The van der Waals surface area contributed by atoms with Crippen molar-refractivity contribution in [2.45, 2.75) is 33.5 Å². The highest BCUT2D eigenvalue weighted by atomic mass is 35.5. The average molecular weight is 440 g/mol. The molecule has 0 radical (unpaired) electrons. The number of carbonyl (C=O) groups excluding carboxylic acids is 1. The summed E-state index contributed by atoms with van der Waals surface area (Å²) in [4.78, 5) is 12.5. The summed E-state index contributed by atoms with van der Waals surface area (Å²) in [5.74, 6) is 0.993. The van der Waals surface area contributed by atoms with Crippen LogP contribution >= 0.6 is 11.6 Å². The summed E-state index contributed by atoms with van der Waals surface area (Å²) in [5, 5.41) is 12.0. The van der Waals surface area contributed by atoms with E-state index < -0.39 is 0 Å². The van der Waals surface area contributed by atoms with Crippen LogP contribution in [-0.2, 0) is 19.7 Å². The first-order valence-corrected chi connectivity index (χ1v) is 10.2. The van der Waals surface area contributed by atoms with E-state index in [1.54, 1.807) is 53.5 Å². The number of hydrogen-bond donors (Lipinski definition) is 1. The van der Waals surface area contributed by atoms with Crippen LogP contribution in [0.2, 0.25) is 5.02 Å². The Morgan fingerprint density at radius 1 is 1.23 bits per heavy atom. The largest absolute Gasteiger partial charge is 0.486 e. The number of carbonyl (C=O) groups is 1. The van der Waals surface area contributed by atoms with Gasteiger partial charge in [-0.2, -0.15) is 10.2 Å². The van der Waals surface area contributed by atoms with E-state index in [0.29, 0.717) is 28.8 Å². The molecule has 0 saturated heterocycles. The van der Waals surface area contributed by atoms with Crippen LogP contribution in [0.15, 0.2) is 59.4 Å². The van der Waals surface area contributed by atoms with E-state index in [2.05, 4.69) is 22.4 Å². The quantitative estimate of drug-likeness (QED) is 0.435. The first kappa shape index (κ1) is 20.7. The van der Waals surface area contributed by atoms with Gasteiger partial charge in [0.1, 0.15) is 18.1 Å². The molecule has 0 atom stereocenters. The van der Waals surface area contributed by atoms with Crippen molar-refractivity contribution < 1.29 is 13.9 Å². The first-order valence-electron chi connectivity index (χ1n) is 9.84. The van der Waals surface area contributed by atoms with Gasteiger partial charge in [-0.05, 0) is 44.2 Å². The summed E-state index contributed by atoms with van der Waals surface area (Å²) < 4.78 is 14.9. The Kier molecular flexibility index (Phi) is 6.08. The second-order valence-corrected chi connectivity index (χ2v) is 7.40. The van der Waals surface area contributed by atoms with E-state index in [0.717, 1.165) is 17.8 Å². The molecule has 0 aliphatic carbocycles. The number of aromatic nitrogens is 4. The SMILES string of the molecule is CCn1ncc(Cn2cc(NC(=O)c3ccc(COc4cccc(Cl)c4)o3)cn2)c1C. The Morgan fingerprint density at radius 3 is 2.87 bits per heavy atom.